The molecule has 0 saturated carbocycles. The minimum Gasteiger partial charge on any atom is -0.481 e. The summed E-state index contributed by atoms with van der Waals surface area (Å²) in [4.78, 5) is 10.4. The summed E-state index contributed by atoms with van der Waals surface area (Å²) in [5.41, 5.74) is 3.67. The highest BCUT2D eigenvalue weighted by atomic mass is 16.4. The maximum Gasteiger partial charge on any atom is 0.307 e. The lowest BCUT2D eigenvalue weighted by Gasteiger charge is -2.07. The van der Waals surface area contributed by atoms with Crippen LogP contribution in [0.2, 0.25) is 0 Å². The van der Waals surface area contributed by atoms with Crippen LogP contribution in [0.15, 0.2) is 35.9 Å². The molecule has 0 spiro atoms. The van der Waals surface area contributed by atoms with Crippen molar-refractivity contribution in [2.24, 2.45) is 0 Å². The number of hydrogen-bond donors (Lipinski definition) is 1. The van der Waals surface area contributed by atoms with Gasteiger partial charge in [-0.1, -0.05) is 49.8 Å². The van der Waals surface area contributed by atoms with E-state index in [-0.39, 0.29) is 6.42 Å². The molecular formula is C15H20O2. The van der Waals surface area contributed by atoms with E-state index in [1.807, 2.05) is 6.92 Å². The van der Waals surface area contributed by atoms with Crippen LogP contribution in [0.4, 0.5) is 0 Å². The number of hydrogen-bond acceptors (Lipinski definition) is 1. The molecule has 0 unspecified atom stereocenters. The summed E-state index contributed by atoms with van der Waals surface area (Å²) in [5.74, 6) is -0.229. The van der Waals surface area contributed by atoms with Gasteiger partial charge in [-0.3, -0.25) is 4.79 Å². The van der Waals surface area contributed by atoms with E-state index >= 15 is 0 Å². The first kappa shape index (κ1) is 13.5. The first-order chi connectivity index (χ1) is 7.99. The van der Waals surface area contributed by atoms with E-state index in [1.165, 1.54) is 11.1 Å². The standard InChI is InChI=1S/C15H20O2/c1-11(2)14-7-5-13(6-8-14)10-12(3)4-9-15(16)17/h4-8,11H,9-10H2,1-3H3,(H,16,17). The van der Waals surface area contributed by atoms with Gasteiger partial charge in [0.2, 0.25) is 0 Å². The average Bonchev–Trinajstić information content (AvgIpc) is 2.27. The van der Waals surface area contributed by atoms with Gasteiger partial charge in [-0.25, -0.2) is 0 Å². The van der Waals surface area contributed by atoms with Crippen molar-refractivity contribution < 1.29 is 9.90 Å². The van der Waals surface area contributed by atoms with Crippen molar-refractivity contribution in [3.05, 3.63) is 47.0 Å². The number of carboxylic acid groups (broad SMARTS) is 1. The van der Waals surface area contributed by atoms with E-state index in [0.717, 1.165) is 12.0 Å². The summed E-state index contributed by atoms with van der Waals surface area (Å²) >= 11 is 0. The van der Waals surface area contributed by atoms with Crippen LogP contribution >= 0.6 is 0 Å². The zero-order valence-corrected chi connectivity index (χ0v) is 10.7. The normalized spacial score (nSPS) is 11.9. The Balaban J connectivity index is 2.63. The molecule has 0 amide bonds. The van der Waals surface area contributed by atoms with Crippen LogP contribution in [0.25, 0.3) is 0 Å². The summed E-state index contributed by atoms with van der Waals surface area (Å²) in [6.45, 7) is 6.32. The van der Waals surface area contributed by atoms with E-state index in [9.17, 15) is 4.79 Å². The van der Waals surface area contributed by atoms with Gasteiger partial charge < -0.3 is 5.11 Å². The van der Waals surface area contributed by atoms with Crippen LogP contribution in [-0.4, -0.2) is 11.1 Å². The van der Waals surface area contributed by atoms with E-state index in [1.54, 1.807) is 6.08 Å². The molecule has 0 fully saturated rings. The van der Waals surface area contributed by atoms with Gasteiger partial charge in [0, 0.05) is 0 Å². The number of allylic oxidation sites excluding steroid dienone is 1. The Morgan fingerprint density at radius 2 is 1.88 bits per heavy atom. The quantitative estimate of drug-likeness (QED) is 0.784. The van der Waals surface area contributed by atoms with Gasteiger partial charge in [0.15, 0.2) is 0 Å². The predicted molar refractivity (Wildman–Crippen MR) is 70.2 cm³/mol. The second-order valence-corrected chi connectivity index (χ2v) is 4.72. The number of carbonyl (C=O) groups is 1. The molecule has 0 aliphatic heterocycles. The van der Waals surface area contributed by atoms with Crippen LogP contribution in [0.1, 0.15) is 44.2 Å². The zero-order valence-electron chi connectivity index (χ0n) is 10.7. The van der Waals surface area contributed by atoms with Gasteiger partial charge in [0.1, 0.15) is 0 Å². The maximum absolute atomic E-state index is 10.4. The zero-order chi connectivity index (χ0) is 12.8. The molecular weight excluding hydrogens is 212 g/mol. The molecule has 1 aromatic carbocycles. The van der Waals surface area contributed by atoms with Crippen molar-refractivity contribution in [1.82, 2.24) is 0 Å². The minimum absolute atomic E-state index is 0.107. The van der Waals surface area contributed by atoms with Crippen molar-refractivity contribution in [2.75, 3.05) is 0 Å². The van der Waals surface area contributed by atoms with Gasteiger partial charge in [0.25, 0.3) is 0 Å². The summed E-state index contributed by atoms with van der Waals surface area (Å²) in [6, 6.07) is 8.52. The van der Waals surface area contributed by atoms with Crippen molar-refractivity contribution in [1.29, 1.82) is 0 Å². The van der Waals surface area contributed by atoms with Gasteiger partial charge in [-0.2, -0.15) is 0 Å². The van der Waals surface area contributed by atoms with Crippen molar-refractivity contribution in [2.45, 2.75) is 39.5 Å². The van der Waals surface area contributed by atoms with E-state index in [0.29, 0.717) is 5.92 Å². The number of carboxylic acids is 1. The molecule has 92 valence electrons. The Hall–Kier alpha value is -1.57. The van der Waals surface area contributed by atoms with Crippen LogP contribution < -0.4 is 0 Å². The molecule has 1 rings (SSSR count). The highest BCUT2D eigenvalue weighted by Gasteiger charge is 2.00. The lowest BCUT2D eigenvalue weighted by Crippen LogP contribution is -1.94. The molecule has 17 heavy (non-hydrogen) atoms. The van der Waals surface area contributed by atoms with Crippen molar-refractivity contribution >= 4 is 5.97 Å². The summed E-state index contributed by atoms with van der Waals surface area (Å²) in [7, 11) is 0. The van der Waals surface area contributed by atoms with Crippen LogP contribution in [0.3, 0.4) is 0 Å². The third kappa shape index (κ3) is 4.85. The smallest absolute Gasteiger partial charge is 0.307 e. The number of benzene rings is 1. The largest absolute Gasteiger partial charge is 0.481 e. The number of aliphatic carboxylic acids is 1. The fourth-order valence-corrected chi connectivity index (χ4v) is 1.68. The summed E-state index contributed by atoms with van der Waals surface area (Å²) in [6.07, 6.45) is 2.71. The average molecular weight is 232 g/mol. The van der Waals surface area contributed by atoms with Crippen LogP contribution in [0.5, 0.6) is 0 Å². The Morgan fingerprint density at radius 1 is 1.29 bits per heavy atom. The highest BCUT2D eigenvalue weighted by molar-refractivity contribution is 5.68. The Bertz CT molecular complexity index is 399. The lowest BCUT2D eigenvalue weighted by molar-refractivity contribution is -0.136. The topological polar surface area (TPSA) is 37.3 Å². The van der Waals surface area contributed by atoms with Gasteiger partial charge in [-0.15, -0.1) is 0 Å². The molecule has 2 heteroatoms. The molecule has 0 saturated heterocycles. The van der Waals surface area contributed by atoms with Crippen LogP contribution in [-0.2, 0) is 11.2 Å². The molecule has 0 radical (unpaired) electrons. The van der Waals surface area contributed by atoms with Crippen LogP contribution in [0, 0.1) is 0 Å². The summed E-state index contributed by atoms with van der Waals surface area (Å²) in [5, 5.41) is 8.58. The third-order valence-corrected chi connectivity index (χ3v) is 2.75. The van der Waals surface area contributed by atoms with Gasteiger partial charge in [-0.05, 0) is 30.4 Å². The molecule has 1 aromatic rings. The maximum atomic E-state index is 10.4. The minimum atomic E-state index is -0.778. The third-order valence-electron chi connectivity index (χ3n) is 2.75. The van der Waals surface area contributed by atoms with Gasteiger partial charge in [0.05, 0.1) is 6.42 Å². The van der Waals surface area contributed by atoms with E-state index in [4.69, 9.17) is 5.11 Å². The lowest BCUT2D eigenvalue weighted by atomic mass is 9.99. The molecule has 0 bridgehead atoms. The van der Waals surface area contributed by atoms with Gasteiger partial charge >= 0.3 is 5.97 Å². The first-order valence-electron chi connectivity index (χ1n) is 5.95. The molecule has 1 N–H and O–H groups in total. The molecule has 0 aliphatic rings. The number of rotatable bonds is 5. The Labute approximate surface area is 103 Å². The van der Waals surface area contributed by atoms with E-state index in [2.05, 4.69) is 38.1 Å². The first-order valence-corrected chi connectivity index (χ1v) is 5.95. The Kier molecular flexibility index (Phi) is 4.95. The van der Waals surface area contributed by atoms with Crippen molar-refractivity contribution in [3.63, 3.8) is 0 Å². The SMILES string of the molecule is CC(=CCC(=O)O)Cc1ccc(C(C)C)cc1. The fourth-order valence-electron chi connectivity index (χ4n) is 1.68. The molecule has 0 aromatic heterocycles. The van der Waals surface area contributed by atoms with E-state index < -0.39 is 5.97 Å². The fraction of sp³-hybridized carbons (Fsp3) is 0.400. The molecule has 2 nitrogen and oxygen atoms in total. The molecule has 0 aliphatic carbocycles. The highest BCUT2D eigenvalue weighted by Crippen LogP contribution is 2.16. The van der Waals surface area contributed by atoms with Crippen molar-refractivity contribution in [3.8, 4) is 0 Å². The predicted octanol–water partition coefficient (Wildman–Crippen LogP) is 3.77. The Morgan fingerprint density at radius 3 is 2.35 bits per heavy atom. The molecule has 0 heterocycles. The second kappa shape index (κ2) is 6.24. The monoisotopic (exact) mass is 232 g/mol. The molecule has 0 atom stereocenters. The summed E-state index contributed by atoms with van der Waals surface area (Å²) < 4.78 is 0. The second-order valence-electron chi connectivity index (χ2n) is 4.72.